The van der Waals surface area contributed by atoms with Crippen molar-refractivity contribution in [3.05, 3.63) is 101 Å². The Morgan fingerprint density at radius 2 is 1.70 bits per heavy atom. The second kappa shape index (κ2) is 7.90. The first-order chi connectivity index (χ1) is 16.1. The maximum absolute atomic E-state index is 13.1. The fourth-order valence-electron chi connectivity index (χ4n) is 4.71. The maximum Gasteiger partial charge on any atom is 0.248 e. The number of aromatic nitrogens is 3. The van der Waals surface area contributed by atoms with Crippen LogP contribution in [-0.2, 0) is 10.3 Å². The summed E-state index contributed by atoms with van der Waals surface area (Å²) in [7, 11) is 0. The third-order valence-corrected chi connectivity index (χ3v) is 8.39. The van der Waals surface area contributed by atoms with Crippen LogP contribution in [0.1, 0.15) is 22.9 Å². The number of fused-ring (bicyclic) bond motifs is 3. The van der Waals surface area contributed by atoms with Gasteiger partial charge in [-0.2, -0.15) is 15.0 Å². The summed E-state index contributed by atoms with van der Waals surface area (Å²) < 4.78 is 0. The standard InChI is InChI=1S/C25H18Cl2N4OS/c26-17-12-10-16(11-13-17)25-14-22(19-15-28-31(29-19)18-6-2-1-3-7-18)33-21-9-5-4-8-20(21)30(25)24(32)23(25)27/h1-13,15,22-23H,14H2. The molecule has 0 bridgehead atoms. The van der Waals surface area contributed by atoms with Crippen molar-refractivity contribution in [2.75, 3.05) is 4.90 Å². The van der Waals surface area contributed by atoms with Crippen molar-refractivity contribution in [3.8, 4) is 5.69 Å². The number of thioether (sulfide) groups is 1. The van der Waals surface area contributed by atoms with E-state index in [4.69, 9.17) is 28.3 Å². The van der Waals surface area contributed by atoms with Gasteiger partial charge in [0.25, 0.3) is 0 Å². The van der Waals surface area contributed by atoms with Crippen LogP contribution in [0.25, 0.3) is 5.69 Å². The number of rotatable bonds is 3. The lowest BCUT2D eigenvalue weighted by Crippen LogP contribution is -2.70. The lowest BCUT2D eigenvalue weighted by Gasteiger charge is -2.55. The van der Waals surface area contributed by atoms with Crippen LogP contribution in [0.4, 0.5) is 5.69 Å². The Morgan fingerprint density at radius 1 is 0.970 bits per heavy atom. The number of para-hydroxylation sites is 2. The molecule has 0 spiro atoms. The number of anilines is 1. The second-order valence-electron chi connectivity index (χ2n) is 8.14. The molecule has 1 saturated heterocycles. The highest BCUT2D eigenvalue weighted by atomic mass is 35.5. The van der Waals surface area contributed by atoms with Crippen LogP contribution in [0.5, 0.6) is 0 Å². The van der Waals surface area contributed by atoms with E-state index in [0.29, 0.717) is 11.4 Å². The minimum absolute atomic E-state index is 0.0568. The van der Waals surface area contributed by atoms with Gasteiger partial charge < -0.3 is 0 Å². The Morgan fingerprint density at radius 3 is 2.48 bits per heavy atom. The predicted octanol–water partition coefficient (Wildman–Crippen LogP) is 6.01. The van der Waals surface area contributed by atoms with Gasteiger partial charge in [-0.1, -0.05) is 54.1 Å². The number of halogens is 2. The molecule has 3 atom stereocenters. The van der Waals surface area contributed by atoms with Crippen molar-refractivity contribution in [1.82, 2.24) is 15.0 Å². The molecule has 6 rings (SSSR count). The monoisotopic (exact) mass is 492 g/mol. The molecule has 1 fully saturated rings. The average Bonchev–Trinajstić information content (AvgIpc) is 3.30. The summed E-state index contributed by atoms with van der Waals surface area (Å²) in [6.45, 7) is 0. The zero-order valence-electron chi connectivity index (χ0n) is 17.3. The number of nitrogens with zero attached hydrogens (tertiary/aromatic N) is 4. The molecule has 1 aromatic heterocycles. The molecule has 0 aliphatic carbocycles. The third kappa shape index (κ3) is 3.20. The molecule has 164 valence electrons. The summed E-state index contributed by atoms with van der Waals surface area (Å²) in [6.07, 6.45) is 2.41. The van der Waals surface area contributed by atoms with Crippen molar-refractivity contribution < 1.29 is 4.79 Å². The van der Waals surface area contributed by atoms with Gasteiger partial charge in [-0.3, -0.25) is 9.69 Å². The average molecular weight is 493 g/mol. The first-order valence-corrected chi connectivity index (χ1v) is 12.2. The minimum atomic E-state index is -0.704. The molecular formula is C25H18Cl2N4OS. The predicted molar refractivity (Wildman–Crippen MR) is 131 cm³/mol. The number of alkyl halides is 1. The normalized spacial score (nSPS) is 23.9. The molecule has 0 saturated carbocycles. The highest BCUT2D eigenvalue weighted by Gasteiger charge is 2.63. The molecule has 3 heterocycles. The van der Waals surface area contributed by atoms with Crippen molar-refractivity contribution in [1.29, 1.82) is 0 Å². The van der Waals surface area contributed by atoms with E-state index < -0.39 is 10.9 Å². The van der Waals surface area contributed by atoms with E-state index in [1.165, 1.54) is 0 Å². The number of β-lactam (4-membered cyclic amide) rings is 1. The van der Waals surface area contributed by atoms with E-state index in [2.05, 4.69) is 5.10 Å². The number of benzene rings is 3. The number of hydrogen-bond donors (Lipinski definition) is 0. The van der Waals surface area contributed by atoms with E-state index in [9.17, 15) is 4.79 Å². The number of hydrogen-bond acceptors (Lipinski definition) is 4. The van der Waals surface area contributed by atoms with E-state index >= 15 is 0 Å². The molecule has 5 nitrogen and oxygen atoms in total. The summed E-state index contributed by atoms with van der Waals surface area (Å²) >= 11 is 14.7. The third-order valence-electron chi connectivity index (χ3n) is 6.30. The highest BCUT2D eigenvalue weighted by Crippen LogP contribution is 2.59. The van der Waals surface area contributed by atoms with Crippen LogP contribution in [0.15, 0.2) is 90.0 Å². The van der Waals surface area contributed by atoms with Crippen LogP contribution in [0.2, 0.25) is 5.02 Å². The van der Waals surface area contributed by atoms with Gasteiger partial charge in [-0.25, -0.2) is 0 Å². The van der Waals surface area contributed by atoms with Crippen LogP contribution in [-0.4, -0.2) is 26.3 Å². The van der Waals surface area contributed by atoms with Crippen LogP contribution in [0.3, 0.4) is 0 Å². The molecule has 1 amide bonds. The van der Waals surface area contributed by atoms with Crippen LogP contribution >= 0.6 is 35.0 Å². The molecule has 33 heavy (non-hydrogen) atoms. The van der Waals surface area contributed by atoms with Gasteiger partial charge in [0.1, 0.15) is 5.38 Å². The zero-order valence-corrected chi connectivity index (χ0v) is 19.6. The van der Waals surface area contributed by atoms with Gasteiger partial charge in [0.05, 0.1) is 34.1 Å². The molecule has 4 aromatic rings. The molecule has 0 radical (unpaired) electrons. The lowest BCUT2D eigenvalue weighted by molar-refractivity contribution is -0.127. The summed E-state index contributed by atoms with van der Waals surface area (Å²) in [4.78, 5) is 17.6. The quantitative estimate of drug-likeness (QED) is 0.259. The first kappa shape index (κ1) is 20.8. The van der Waals surface area contributed by atoms with Gasteiger partial charge in [0.15, 0.2) is 0 Å². The molecular weight excluding hydrogens is 475 g/mol. The number of carbonyl (C=O) groups excluding carboxylic acids is 1. The lowest BCUT2D eigenvalue weighted by atomic mass is 9.73. The Hall–Kier alpha value is -2.80. The molecule has 8 heteroatoms. The van der Waals surface area contributed by atoms with Gasteiger partial charge in [0.2, 0.25) is 5.91 Å². The van der Waals surface area contributed by atoms with E-state index in [1.54, 1.807) is 16.6 Å². The number of amides is 1. The Labute approximate surface area is 205 Å². The number of carbonyl (C=O) groups is 1. The fraction of sp³-hybridized carbons (Fsp3) is 0.160. The van der Waals surface area contributed by atoms with Crippen LogP contribution < -0.4 is 4.90 Å². The summed E-state index contributed by atoms with van der Waals surface area (Å²) in [6, 6.07) is 25.4. The summed E-state index contributed by atoms with van der Waals surface area (Å²) in [5.41, 5.74) is 2.87. The highest BCUT2D eigenvalue weighted by molar-refractivity contribution is 7.99. The van der Waals surface area contributed by atoms with Gasteiger partial charge in [-0.15, -0.1) is 23.4 Å². The largest absolute Gasteiger partial charge is 0.298 e. The topological polar surface area (TPSA) is 51.0 Å². The molecule has 3 unspecified atom stereocenters. The van der Waals surface area contributed by atoms with E-state index in [1.807, 2.05) is 90.0 Å². The van der Waals surface area contributed by atoms with Crippen molar-refractivity contribution in [2.24, 2.45) is 0 Å². The Kier molecular flexibility index (Phi) is 4.98. The zero-order chi connectivity index (χ0) is 22.6. The first-order valence-electron chi connectivity index (χ1n) is 10.6. The molecule has 3 aromatic carbocycles. The second-order valence-corrected chi connectivity index (χ2v) is 10.3. The van der Waals surface area contributed by atoms with Crippen molar-refractivity contribution in [2.45, 2.75) is 27.5 Å². The Balaban J connectivity index is 1.49. The van der Waals surface area contributed by atoms with Gasteiger partial charge in [-0.05, 0) is 48.4 Å². The minimum Gasteiger partial charge on any atom is -0.298 e. The van der Waals surface area contributed by atoms with E-state index in [0.717, 1.165) is 27.5 Å². The SMILES string of the molecule is O=C1C(Cl)C2(c3ccc(Cl)cc3)CC(c3cnn(-c4ccccc4)n3)Sc3ccccc3N12. The van der Waals surface area contributed by atoms with Gasteiger partial charge >= 0.3 is 0 Å². The molecule has 0 N–H and O–H groups in total. The smallest absolute Gasteiger partial charge is 0.248 e. The Bertz CT molecular complexity index is 1340. The summed E-state index contributed by atoms with van der Waals surface area (Å²) in [5.74, 6) is -0.0896. The van der Waals surface area contributed by atoms with Crippen LogP contribution in [0, 0.1) is 0 Å². The fourth-order valence-corrected chi connectivity index (χ4v) is 6.56. The van der Waals surface area contributed by atoms with Gasteiger partial charge in [0, 0.05) is 9.92 Å². The van der Waals surface area contributed by atoms with Crippen molar-refractivity contribution in [3.63, 3.8) is 0 Å². The molecule has 2 aliphatic heterocycles. The maximum atomic E-state index is 13.1. The van der Waals surface area contributed by atoms with E-state index in [-0.39, 0.29) is 11.2 Å². The summed E-state index contributed by atoms with van der Waals surface area (Å²) in [5, 5.41) is 9.22. The molecule has 2 aliphatic rings. The van der Waals surface area contributed by atoms with Crippen molar-refractivity contribution >= 4 is 46.6 Å².